The van der Waals surface area contributed by atoms with E-state index >= 15 is 0 Å². The molecule has 2 aliphatic rings. The number of halogens is 1. The van der Waals surface area contributed by atoms with Crippen LogP contribution in [-0.4, -0.2) is 16.7 Å². The molecule has 1 fully saturated rings. The molecule has 21 heavy (non-hydrogen) atoms. The average molecular weight is 353 g/mol. The summed E-state index contributed by atoms with van der Waals surface area (Å²) in [6.07, 6.45) is 5.41. The molecule has 3 nitrogen and oxygen atoms in total. The number of carboxylic acid groups (broad SMARTS) is 1. The fourth-order valence-corrected chi connectivity index (χ4v) is 4.31. The predicted octanol–water partition coefficient (Wildman–Crippen LogP) is 4.45. The molecule has 1 aromatic carbocycles. The average Bonchev–Trinajstić information content (AvgIpc) is 2.74. The van der Waals surface area contributed by atoms with E-state index in [1.165, 1.54) is 0 Å². The molecule has 1 saturated carbocycles. The summed E-state index contributed by atoms with van der Waals surface area (Å²) in [5.74, 6) is 0.187. The van der Waals surface area contributed by atoms with Crippen LogP contribution in [0.1, 0.15) is 57.1 Å². The minimum absolute atomic E-state index is 0.216. The highest BCUT2D eigenvalue weighted by Crippen LogP contribution is 2.46. The number of aliphatic carboxylic acids is 1. The third-order valence-electron chi connectivity index (χ3n) is 4.78. The van der Waals surface area contributed by atoms with E-state index in [-0.39, 0.29) is 5.60 Å². The van der Waals surface area contributed by atoms with Crippen LogP contribution in [0.5, 0.6) is 5.75 Å². The molecule has 1 aliphatic heterocycles. The van der Waals surface area contributed by atoms with Gasteiger partial charge in [0.2, 0.25) is 0 Å². The second kappa shape index (κ2) is 5.01. The molecule has 0 unspecified atom stereocenters. The molecule has 0 spiro atoms. The summed E-state index contributed by atoms with van der Waals surface area (Å²) in [6.45, 7) is 4.12. The van der Waals surface area contributed by atoms with Gasteiger partial charge in [0.25, 0.3) is 0 Å². The van der Waals surface area contributed by atoms with E-state index in [0.717, 1.165) is 59.9 Å². The summed E-state index contributed by atoms with van der Waals surface area (Å²) in [5, 5.41) is 9.84. The van der Waals surface area contributed by atoms with Crippen LogP contribution in [0.25, 0.3) is 0 Å². The maximum absolute atomic E-state index is 12.0. The fourth-order valence-electron chi connectivity index (χ4n) is 3.72. The van der Waals surface area contributed by atoms with E-state index in [9.17, 15) is 9.90 Å². The van der Waals surface area contributed by atoms with E-state index in [1.807, 2.05) is 6.07 Å². The highest BCUT2D eigenvalue weighted by molar-refractivity contribution is 9.10. The molecule has 0 amide bonds. The van der Waals surface area contributed by atoms with Crippen molar-refractivity contribution in [3.8, 4) is 5.75 Å². The summed E-state index contributed by atoms with van der Waals surface area (Å²) >= 11 is 3.57. The number of benzene rings is 1. The number of rotatable bonds is 2. The molecule has 0 atom stereocenters. The van der Waals surface area contributed by atoms with Crippen LogP contribution in [0.2, 0.25) is 0 Å². The first-order valence-electron chi connectivity index (χ1n) is 7.59. The second-order valence-corrected chi connectivity index (χ2v) is 7.79. The summed E-state index contributed by atoms with van der Waals surface area (Å²) < 4.78 is 6.85. The largest absolute Gasteiger partial charge is 0.486 e. The van der Waals surface area contributed by atoms with Gasteiger partial charge in [-0.25, -0.2) is 0 Å². The maximum Gasteiger partial charge on any atom is 0.314 e. The lowest BCUT2D eigenvalue weighted by Gasteiger charge is -2.34. The Morgan fingerprint density at radius 1 is 1.24 bits per heavy atom. The van der Waals surface area contributed by atoms with Gasteiger partial charge in [0, 0.05) is 6.42 Å². The lowest BCUT2D eigenvalue weighted by atomic mass is 9.69. The van der Waals surface area contributed by atoms with E-state index in [2.05, 4.69) is 35.8 Å². The maximum atomic E-state index is 12.0. The first-order valence-corrected chi connectivity index (χ1v) is 8.39. The molecule has 3 rings (SSSR count). The van der Waals surface area contributed by atoms with Crippen molar-refractivity contribution in [1.82, 2.24) is 0 Å². The topological polar surface area (TPSA) is 46.5 Å². The Hall–Kier alpha value is -1.03. The standard InChI is InChI=1S/C17H21BrO3/c1-16(2)10-11-8-12(9-13(18)14(11)21-16)17(15(19)20)6-4-3-5-7-17/h8-9H,3-7,10H2,1-2H3,(H,19,20). The number of fused-ring (bicyclic) bond motifs is 1. The normalized spacial score (nSPS) is 22.4. The Bertz CT molecular complexity index is 586. The Balaban J connectivity index is 2.07. The van der Waals surface area contributed by atoms with Gasteiger partial charge in [-0.15, -0.1) is 0 Å². The molecule has 0 saturated heterocycles. The molecule has 0 bridgehead atoms. The van der Waals surface area contributed by atoms with Gasteiger partial charge in [-0.05, 0) is 59.8 Å². The van der Waals surface area contributed by atoms with Gasteiger partial charge < -0.3 is 9.84 Å². The number of carboxylic acids is 1. The van der Waals surface area contributed by atoms with Crippen LogP contribution in [0.15, 0.2) is 16.6 Å². The van der Waals surface area contributed by atoms with E-state index in [1.54, 1.807) is 0 Å². The molecule has 1 N–H and O–H groups in total. The number of hydrogen-bond acceptors (Lipinski definition) is 2. The lowest BCUT2D eigenvalue weighted by Crippen LogP contribution is -2.37. The van der Waals surface area contributed by atoms with Gasteiger partial charge in [-0.2, -0.15) is 0 Å². The predicted molar refractivity (Wildman–Crippen MR) is 85.0 cm³/mol. The van der Waals surface area contributed by atoms with Crippen molar-refractivity contribution in [2.45, 2.75) is 63.4 Å². The second-order valence-electron chi connectivity index (χ2n) is 6.93. The van der Waals surface area contributed by atoms with Crippen molar-refractivity contribution < 1.29 is 14.6 Å². The zero-order valence-corrected chi connectivity index (χ0v) is 14.1. The molecule has 1 aliphatic carbocycles. The summed E-state index contributed by atoms with van der Waals surface area (Å²) in [5.41, 5.74) is 1.12. The van der Waals surface area contributed by atoms with Gasteiger partial charge in [0.05, 0.1) is 9.89 Å². The van der Waals surface area contributed by atoms with Gasteiger partial charge in [0.1, 0.15) is 11.4 Å². The summed E-state index contributed by atoms with van der Waals surface area (Å²) in [6, 6.07) is 4.02. The van der Waals surface area contributed by atoms with E-state index in [4.69, 9.17) is 4.74 Å². The first-order chi connectivity index (χ1) is 9.84. The molecular formula is C17H21BrO3. The minimum atomic E-state index is -0.720. The van der Waals surface area contributed by atoms with Crippen molar-refractivity contribution in [2.24, 2.45) is 0 Å². The summed E-state index contributed by atoms with van der Waals surface area (Å²) in [7, 11) is 0. The van der Waals surface area contributed by atoms with E-state index < -0.39 is 11.4 Å². The third kappa shape index (κ3) is 2.48. The van der Waals surface area contributed by atoms with Crippen molar-refractivity contribution in [1.29, 1.82) is 0 Å². The van der Waals surface area contributed by atoms with Gasteiger partial charge in [-0.3, -0.25) is 4.79 Å². The van der Waals surface area contributed by atoms with Crippen molar-refractivity contribution in [3.05, 3.63) is 27.7 Å². The van der Waals surface area contributed by atoms with E-state index in [0.29, 0.717) is 0 Å². The van der Waals surface area contributed by atoms with Crippen LogP contribution in [-0.2, 0) is 16.6 Å². The molecule has 4 heteroatoms. The zero-order chi connectivity index (χ0) is 15.3. The summed E-state index contributed by atoms with van der Waals surface area (Å²) in [4.78, 5) is 12.0. The molecule has 1 heterocycles. The molecule has 1 aromatic rings. The Labute approximate surface area is 133 Å². The molecule has 114 valence electrons. The van der Waals surface area contributed by atoms with Gasteiger partial charge in [-0.1, -0.05) is 25.3 Å². The van der Waals surface area contributed by atoms with Crippen LogP contribution < -0.4 is 4.74 Å². The van der Waals surface area contributed by atoms with Gasteiger partial charge in [0.15, 0.2) is 0 Å². The quantitative estimate of drug-likeness (QED) is 0.855. The fraction of sp³-hybridized carbons (Fsp3) is 0.588. The monoisotopic (exact) mass is 352 g/mol. The molecular weight excluding hydrogens is 332 g/mol. The van der Waals surface area contributed by atoms with Crippen molar-refractivity contribution in [2.75, 3.05) is 0 Å². The number of ether oxygens (including phenoxy) is 1. The zero-order valence-electron chi connectivity index (χ0n) is 12.5. The number of hydrogen-bond donors (Lipinski definition) is 1. The Morgan fingerprint density at radius 2 is 1.90 bits per heavy atom. The first kappa shape index (κ1) is 14.9. The smallest absolute Gasteiger partial charge is 0.314 e. The number of carbonyl (C=O) groups is 1. The molecule has 0 radical (unpaired) electrons. The SMILES string of the molecule is CC1(C)Cc2cc(C3(C(=O)O)CCCCC3)cc(Br)c2O1. The lowest BCUT2D eigenvalue weighted by molar-refractivity contribution is -0.145. The molecule has 0 aromatic heterocycles. The highest BCUT2D eigenvalue weighted by Gasteiger charge is 2.43. The van der Waals surface area contributed by atoms with Crippen molar-refractivity contribution in [3.63, 3.8) is 0 Å². The van der Waals surface area contributed by atoms with Crippen molar-refractivity contribution >= 4 is 21.9 Å². The van der Waals surface area contributed by atoms with Crippen LogP contribution in [0.3, 0.4) is 0 Å². The highest BCUT2D eigenvalue weighted by atomic mass is 79.9. The Kier molecular flexibility index (Phi) is 3.55. The van der Waals surface area contributed by atoms with Crippen LogP contribution in [0, 0.1) is 0 Å². The van der Waals surface area contributed by atoms with Crippen LogP contribution in [0.4, 0.5) is 0 Å². The minimum Gasteiger partial charge on any atom is -0.486 e. The Morgan fingerprint density at radius 3 is 2.52 bits per heavy atom. The van der Waals surface area contributed by atoms with Gasteiger partial charge >= 0.3 is 5.97 Å². The van der Waals surface area contributed by atoms with Crippen LogP contribution >= 0.6 is 15.9 Å². The third-order valence-corrected chi connectivity index (χ3v) is 5.37.